The van der Waals surface area contributed by atoms with Gasteiger partial charge in [0.1, 0.15) is 5.82 Å². The number of carbonyl (C=O) groups excluding carboxylic acids is 1. The van der Waals surface area contributed by atoms with Gasteiger partial charge in [-0.15, -0.1) is 0 Å². The fraction of sp³-hybridized carbons (Fsp3) is 0.333. The van der Waals surface area contributed by atoms with Gasteiger partial charge in [0.15, 0.2) is 0 Å². The largest absolute Gasteiger partial charge is 0.395 e. The zero-order chi connectivity index (χ0) is 15.0. The molecule has 1 aromatic rings. The minimum Gasteiger partial charge on any atom is -0.395 e. The molecule has 1 N–H and O–H groups in total. The standard InChI is InChI=1S/C15H15FN2O2/c1-18(9-4-8-17)15(20)13-11-12(5-2-3-10-19)6-7-14(13)16/h6-7,11,19H,3-4,9-10H2,1H3. The lowest BCUT2D eigenvalue weighted by atomic mass is 10.1. The molecule has 0 saturated heterocycles. The average Bonchev–Trinajstić information content (AvgIpc) is 2.46. The highest BCUT2D eigenvalue weighted by Crippen LogP contribution is 2.12. The molecule has 5 heteroatoms. The molecular formula is C15H15FN2O2. The van der Waals surface area contributed by atoms with E-state index in [1.165, 1.54) is 30.1 Å². The Hall–Kier alpha value is -2.37. The summed E-state index contributed by atoms with van der Waals surface area (Å²) >= 11 is 0. The zero-order valence-corrected chi connectivity index (χ0v) is 11.2. The summed E-state index contributed by atoms with van der Waals surface area (Å²) in [5.41, 5.74) is 0.443. The van der Waals surface area contributed by atoms with Crippen LogP contribution in [0.3, 0.4) is 0 Å². The minimum absolute atomic E-state index is 0.0448. The third-order valence-corrected chi connectivity index (χ3v) is 2.57. The van der Waals surface area contributed by atoms with Gasteiger partial charge in [-0.2, -0.15) is 5.26 Å². The lowest BCUT2D eigenvalue weighted by Crippen LogP contribution is -2.28. The van der Waals surface area contributed by atoms with Crippen molar-refractivity contribution in [1.29, 1.82) is 5.26 Å². The van der Waals surface area contributed by atoms with Crippen molar-refractivity contribution in [1.82, 2.24) is 4.90 Å². The topological polar surface area (TPSA) is 64.3 Å². The first-order chi connectivity index (χ1) is 9.60. The maximum absolute atomic E-state index is 13.7. The minimum atomic E-state index is -0.619. The molecule has 0 atom stereocenters. The summed E-state index contributed by atoms with van der Waals surface area (Å²) in [7, 11) is 1.52. The number of nitriles is 1. The van der Waals surface area contributed by atoms with E-state index in [9.17, 15) is 9.18 Å². The van der Waals surface area contributed by atoms with Gasteiger partial charge in [-0.05, 0) is 18.2 Å². The highest BCUT2D eigenvalue weighted by atomic mass is 19.1. The number of hydrogen-bond donors (Lipinski definition) is 1. The van der Waals surface area contributed by atoms with Gasteiger partial charge in [0.2, 0.25) is 0 Å². The van der Waals surface area contributed by atoms with E-state index in [0.29, 0.717) is 12.0 Å². The summed E-state index contributed by atoms with van der Waals surface area (Å²) in [6.45, 7) is 0.200. The molecule has 0 heterocycles. The molecule has 1 aromatic carbocycles. The molecule has 0 aromatic heterocycles. The van der Waals surface area contributed by atoms with E-state index in [2.05, 4.69) is 11.8 Å². The second-order valence-corrected chi connectivity index (χ2v) is 4.10. The van der Waals surface area contributed by atoms with Gasteiger partial charge >= 0.3 is 0 Å². The molecule has 0 bridgehead atoms. The molecule has 1 rings (SSSR count). The third kappa shape index (κ3) is 4.38. The molecule has 0 fully saturated rings. The van der Waals surface area contributed by atoms with Crippen LogP contribution in [-0.4, -0.2) is 36.1 Å². The van der Waals surface area contributed by atoms with Crippen molar-refractivity contribution in [3.8, 4) is 17.9 Å². The van der Waals surface area contributed by atoms with Crippen LogP contribution in [-0.2, 0) is 0 Å². The first kappa shape index (κ1) is 15.7. The van der Waals surface area contributed by atoms with Gasteiger partial charge in [-0.3, -0.25) is 4.79 Å². The number of benzene rings is 1. The lowest BCUT2D eigenvalue weighted by Gasteiger charge is -2.15. The quantitative estimate of drug-likeness (QED) is 0.847. The van der Waals surface area contributed by atoms with Crippen LogP contribution in [0.15, 0.2) is 18.2 Å². The van der Waals surface area contributed by atoms with Crippen molar-refractivity contribution in [2.24, 2.45) is 0 Å². The molecular weight excluding hydrogens is 259 g/mol. The Kier molecular flexibility index (Phi) is 6.22. The van der Waals surface area contributed by atoms with Crippen LogP contribution in [0.25, 0.3) is 0 Å². The molecule has 0 spiro atoms. The van der Waals surface area contributed by atoms with Gasteiger partial charge in [0.05, 0.1) is 24.7 Å². The molecule has 4 nitrogen and oxygen atoms in total. The van der Waals surface area contributed by atoms with Crippen molar-refractivity contribution in [2.45, 2.75) is 12.8 Å². The van der Waals surface area contributed by atoms with Gasteiger partial charge in [-0.25, -0.2) is 4.39 Å². The molecule has 0 saturated carbocycles. The third-order valence-electron chi connectivity index (χ3n) is 2.57. The van der Waals surface area contributed by atoms with E-state index in [4.69, 9.17) is 10.4 Å². The maximum Gasteiger partial charge on any atom is 0.256 e. The van der Waals surface area contributed by atoms with Gasteiger partial charge in [-0.1, -0.05) is 11.8 Å². The molecule has 1 amide bonds. The number of amides is 1. The number of halogens is 1. The highest BCUT2D eigenvalue weighted by molar-refractivity contribution is 5.94. The molecule has 104 valence electrons. The molecule has 0 unspecified atom stereocenters. The van der Waals surface area contributed by atoms with E-state index >= 15 is 0 Å². The summed E-state index contributed by atoms with van der Waals surface area (Å²) in [5.74, 6) is 4.36. The molecule has 0 aliphatic carbocycles. The smallest absolute Gasteiger partial charge is 0.256 e. The Labute approximate surface area is 117 Å². The van der Waals surface area contributed by atoms with Crippen LogP contribution in [0.2, 0.25) is 0 Å². The van der Waals surface area contributed by atoms with E-state index in [-0.39, 0.29) is 25.1 Å². The van der Waals surface area contributed by atoms with Crippen molar-refractivity contribution in [2.75, 3.05) is 20.2 Å². The Morgan fingerprint density at radius 1 is 1.45 bits per heavy atom. The van der Waals surface area contributed by atoms with Crippen molar-refractivity contribution in [3.05, 3.63) is 35.1 Å². The monoisotopic (exact) mass is 274 g/mol. The first-order valence-corrected chi connectivity index (χ1v) is 6.12. The second kappa shape index (κ2) is 7.93. The van der Waals surface area contributed by atoms with Crippen LogP contribution < -0.4 is 0 Å². The fourth-order valence-corrected chi connectivity index (χ4v) is 1.51. The first-order valence-electron chi connectivity index (χ1n) is 6.12. The maximum atomic E-state index is 13.7. The number of carbonyl (C=O) groups is 1. The summed E-state index contributed by atoms with van der Waals surface area (Å²) in [4.78, 5) is 13.3. The van der Waals surface area contributed by atoms with Crippen LogP contribution >= 0.6 is 0 Å². The summed E-state index contributed by atoms with van der Waals surface area (Å²) < 4.78 is 13.7. The highest BCUT2D eigenvalue weighted by Gasteiger charge is 2.16. The normalized spacial score (nSPS) is 9.30. The average molecular weight is 274 g/mol. The summed E-state index contributed by atoms with van der Waals surface area (Å²) in [6.07, 6.45) is 0.516. The van der Waals surface area contributed by atoms with Crippen LogP contribution in [0, 0.1) is 29.0 Å². The Bertz CT molecular complexity index is 582. The van der Waals surface area contributed by atoms with Gasteiger partial charge in [0.25, 0.3) is 5.91 Å². The number of aliphatic hydroxyl groups is 1. The number of aliphatic hydroxyl groups excluding tert-OH is 1. The SMILES string of the molecule is CN(CCC#N)C(=O)c1cc(C#CCCO)ccc1F. The Balaban J connectivity index is 2.94. The van der Waals surface area contributed by atoms with Crippen molar-refractivity contribution >= 4 is 5.91 Å². The van der Waals surface area contributed by atoms with Crippen molar-refractivity contribution in [3.63, 3.8) is 0 Å². The zero-order valence-electron chi connectivity index (χ0n) is 11.2. The number of nitrogens with zero attached hydrogens (tertiary/aromatic N) is 2. The second-order valence-electron chi connectivity index (χ2n) is 4.10. The van der Waals surface area contributed by atoms with E-state index in [1.807, 2.05) is 6.07 Å². The Morgan fingerprint density at radius 2 is 2.20 bits per heavy atom. The predicted molar refractivity (Wildman–Crippen MR) is 72.2 cm³/mol. The Morgan fingerprint density at radius 3 is 2.85 bits per heavy atom. The molecule has 0 aliphatic rings. The van der Waals surface area contributed by atoms with Gasteiger partial charge < -0.3 is 10.0 Å². The number of rotatable bonds is 4. The predicted octanol–water partition coefficient (Wildman–Crippen LogP) is 1.55. The summed E-state index contributed by atoms with van der Waals surface area (Å²) in [6, 6.07) is 5.98. The fourth-order valence-electron chi connectivity index (χ4n) is 1.51. The summed E-state index contributed by atoms with van der Waals surface area (Å²) in [5, 5.41) is 17.1. The van der Waals surface area contributed by atoms with Crippen LogP contribution in [0.4, 0.5) is 4.39 Å². The van der Waals surface area contributed by atoms with Crippen molar-refractivity contribution < 1.29 is 14.3 Å². The van der Waals surface area contributed by atoms with Crippen LogP contribution in [0.1, 0.15) is 28.8 Å². The molecule has 0 radical (unpaired) electrons. The van der Waals surface area contributed by atoms with E-state index in [0.717, 1.165) is 0 Å². The molecule has 20 heavy (non-hydrogen) atoms. The lowest BCUT2D eigenvalue weighted by molar-refractivity contribution is 0.0793. The van der Waals surface area contributed by atoms with Crippen LogP contribution in [0.5, 0.6) is 0 Å². The number of hydrogen-bond acceptors (Lipinski definition) is 3. The van der Waals surface area contributed by atoms with Gasteiger partial charge in [0, 0.05) is 25.6 Å². The molecule has 0 aliphatic heterocycles. The van der Waals surface area contributed by atoms with E-state index < -0.39 is 11.7 Å². The van der Waals surface area contributed by atoms with E-state index in [1.54, 1.807) is 0 Å².